The zero-order chi connectivity index (χ0) is 22.0. The molecule has 1 aromatic heterocycles. The van der Waals surface area contributed by atoms with E-state index in [-0.39, 0.29) is 21.7 Å². The molecule has 3 aromatic carbocycles. The number of anilines is 1. The molecule has 0 saturated carbocycles. The zero-order valence-corrected chi connectivity index (χ0v) is 17.2. The van der Waals surface area contributed by atoms with Crippen LogP contribution < -0.4 is 5.32 Å². The summed E-state index contributed by atoms with van der Waals surface area (Å²) in [6.07, 6.45) is -4.54. The third kappa shape index (κ3) is 4.83. The second-order valence-electron chi connectivity index (χ2n) is 6.43. The lowest BCUT2D eigenvalue weighted by Gasteiger charge is -2.11. The fourth-order valence-corrected chi connectivity index (χ4v) is 3.63. The molecule has 0 unspecified atom stereocenters. The molecular weight excluding hydrogens is 451 g/mol. The molecule has 0 aliphatic rings. The summed E-state index contributed by atoms with van der Waals surface area (Å²) in [5.41, 5.74) is -0.266. The first-order chi connectivity index (χ1) is 14.8. The van der Waals surface area contributed by atoms with Crippen LogP contribution in [0.5, 0.6) is 0 Å². The van der Waals surface area contributed by atoms with Crippen LogP contribution in [0.25, 0.3) is 22.2 Å². The second-order valence-corrected chi connectivity index (χ2v) is 7.76. The number of hydrogen-bond acceptors (Lipinski definition) is 5. The van der Waals surface area contributed by atoms with E-state index < -0.39 is 17.6 Å². The van der Waals surface area contributed by atoms with Gasteiger partial charge in [-0.15, -0.1) is 10.2 Å². The van der Waals surface area contributed by atoms with Gasteiger partial charge < -0.3 is 9.73 Å². The highest BCUT2D eigenvalue weighted by Gasteiger charge is 2.31. The standard InChI is InChI=1S/C21H13ClF3N3O2S/c22-16-9-8-13(21(23,24)25)10-17(16)26-18(29)11-31-20-28-27-19(30-20)15-7-3-5-12-4-1-2-6-14(12)15/h1-10H,11H2,(H,26,29). The normalized spacial score (nSPS) is 11.6. The van der Waals surface area contributed by atoms with E-state index in [9.17, 15) is 18.0 Å². The van der Waals surface area contributed by atoms with E-state index in [1.807, 2.05) is 42.5 Å². The SMILES string of the molecule is O=C(CSc1nnc(-c2cccc3ccccc23)o1)Nc1cc(C(F)(F)F)ccc1Cl. The molecule has 0 radical (unpaired) electrons. The number of benzene rings is 3. The van der Waals surface area contributed by atoms with Crippen LogP contribution >= 0.6 is 23.4 Å². The van der Waals surface area contributed by atoms with Crippen molar-refractivity contribution in [2.75, 3.05) is 11.1 Å². The maximum Gasteiger partial charge on any atom is 0.416 e. The Morgan fingerprint density at radius 2 is 1.84 bits per heavy atom. The van der Waals surface area contributed by atoms with Crippen LogP contribution in [0.2, 0.25) is 5.02 Å². The molecule has 1 amide bonds. The summed E-state index contributed by atoms with van der Waals surface area (Å²) in [5, 5.41) is 12.5. The van der Waals surface area contributed by atoms with Gasteiger partial charge in [-0.1, -0.05) is 59.8 Å². The van der Waals surface area contributed by atoms with Crippen molar-refractivity contribution < 1.29 is 22.4 Å². The first kappa shape index (κ1) is 21.2. The van der Waals surface area contributed by atoms with Gasteiger partial charge in [-0.05, 0) is 35.0 Å². The van der Waals surface area contributed by atoms with Crippen molar-refractivity contribution in [3.63, 3.8) is 0 Å². The molecule has 5 nitrogen and oxygen atoms in total. The topological polar surface area (TPSA) is 68.0 Å². The quantitative estimate of drug-likeness (QED) is 0.352. The summed E-state index contributed by atoms with van der Waals surface area (Å²) in [5.74, 6) is -0.402. The molecule has 10 heteroatoms. The number of fused-ring (bicyclic) bond motifs is 1. The van der Waals surface area contributed by atoms with Crippen molar-refractivity contribution in [1.29, 1.82) is 0 Å². The van der Waals surface area contributed by atoms with Gasteiger partial charge in [-0.3, -0.25) is 4.79 Å². The molecule has 31 heavy (non-hydrogen) atoms. The van der Waals surface area contributed by atoms with E-state index in [4.69, 9.17) is 16.0 Å². The van der Waals surface area contributed by atoms with Crippen LogP contribution in [0.15, 0.2) is 70.3 Å². The number of thioether (sulfide) groups is 1. The highest BCUT2D eigenvalue weighted by molar-refractivity contribution is 7.99. The molecular formula is C21H13ClF3N3O2S. The predicted molar refractivity (Wildman–Crippen MR) is 113 cm³/mol. The molecule has 0 aliphatic carbocycles. The molecule has 158 valence electrons. The summed E-state index contributed by atoms with van der Waals surface area (Å²) >= 11 is 6.86. The minimum absolute atomic E-state index is 0.00221. The van der Waals surface area contributed by atoms with Crippen LogP contribution in [0, 0.1) is 0 Å². The summed E-state index contributed by atoms with van der Waals surface area (Å²) in [6, 6.07) is 16.2. The number of carbonyl (C=O) groups is 1. The second kappa shape index (κ2) is 8.60. The molecule has 0 bridgehead atoms. The van der Waals surface area contributed by atoms with E-state index in [1.54, 1.807) is 0 Å². The molecule has 0 aliphatic heterocycles. The molecule has 1 heterocycles. The number of halogens is 4. The molecule has 0 spiro atoms. The van der Waals surface area contributed by atoms with E-state index in [1.165, 1.54) is 0 Å². The van der Waals surface area contributed by atoms with Crippen molar-refractivity contribution in [1.82, 2.24) is 10.2 Å². The van der Waals surface area contributed by atoms with Crippen molar-refractivity contribution in [3.8, 4) is 11.5 Å². The Kier molecular flexibility index (Phi) is 5.88. The Labute approximate surface area is 183 Å². The van der Waals surface area contributed by atoms with Crippen LogP contribution in [-0.2, 0) is 11.0 Å². The number of hydrogen-bond donors (Lipinski definition) is 1. The first-order valence-corrected chi connectivity index (χ1v) is 10.3. The monoisotopic (exact) mass is 463 g/mol. The Balaban J connectivity index is 1.44. The molecule has 0 atom stereocenters. The summed E-state index contributed by atoms with van der Waals surface area (Å²) in [7, 11) is 0. The largest absolute Gasteiger partial charge is 0.416 e. The number of alkyl halides is 3. The van der Waals surface area contributed by atoms with Gasteiger partial charge in [-0.2, -0.15) is 13.2 Å². The number of amides is 1. The number of carbonyl (C=O) groups excluding carboxylic acids is 1. The van der Waals surface area contributed by atoms with Gasteiger partial charge in [0.15, 0.2) is 0 Å². The van der Waals surface area contributed by atoms with Gasteiger partial charge >= 0.3 is 6.18 Å². The van der Waals surface area contributed by atoms with E-state index in [0.29, 0.717) is 5.89 Å². The van der Waals surface area contributed by atoms with Crippen molar-refractivity contribution >= 4 is 45.7 Å². The van der Waals surface area contributed by atoms with E-state index >= 15 is 0 Å². The number of nitrogens with zero attached hydrogens (tertiary/aromatic N) is 2. The molecule has 1 N–H and O–H groups in total. The lowest BCUT2D eigenvalue weighted by atomic mass is 10.0. The summed E-state index contributed by atoms with van der Waals surface area (Å²) < 4.78 is 44.2. The van der Waals surface area contributed by atoms with E-state index in [2.05, 4.69) is 15.5 Å². The Hall–Kier alpha value is -3.04. The summed E-state index contributed by atoms with van der Waals surface area (Å²) in [6.45, 7) is 0. The number of aromatic nitrogens is 2. The molecule has 0 fully saturated rings. The smallest absolute Gasteiger partial charge is 0.411 e. The van der Waals surface area contributed by atoms with Gasteiger partial charge in [0, 0.05) is 5.56 Å². The zero-order valence-electron chi connectivity index (χ0n) is 15.6. The maximum absolute atomic E-state index is 12.9. The third-order valence-electron chi connectivity index (χ3n) is 4.32. The fourth-order valence-electron chi connectivity index (χ4n) is 2.90. The predicted octanol–water partition coefficient (Wildman–Crippen LogP) is 6.29. The highest BCUT2D eigenvalue weighted by atomic mass is 35.5. The summed E-state index contributed by atoms with van der Waals surface area (Å²) in [4.78, 5) is 12.2. The van der Waals surface area contributed by atoms with Crippen molar-refractivity contribution in [2.45, 2.75) is 11.4 Å². The fraction of sp³-hybridized carbons (Fsp3) is 0.0952. The van der Waals surface area contributed by atoms with Gasteiger partial charge in [0.05, 0.1) is 22.0 Å². The minimum atomic E-state index is -4.54. The van der Waals surface area contributed by atoms with Gasteiger partial charge in [-0.25, -0.2) is 0 Å². The average Bonchev–Trinajstić information content (AvgIpc) is 3.21. The third-order valence-corrected chi connectivity index (χ3v) is 5.47. The maximum atomic E-state index is 12.9. The number of rotatable bonds is 5. The molecule has 4 aromatic rings. The lowest BCUT2D eigenvalue weighted by molar-refractivity contribution is -0.137. The first-order valence-electron chi connectivity index (χ1n) is 8.92. The van der Waals surface area contributed by atoms with Crippen LogP contribution in [0.3, 0.4) is 0 Å². The van der Waals surface area contributed by atoms with E-state index in [0.717, 1.165) is 46.3 Å². The van der Waals surface area contributed by atoms with Gasteiger partial charge in [0.25, 0.3) is 5.22 Å². The average molecular weight is 464 g/mol. The van der Waals surface area contributed by atoms with Crippen LogP contribution in [0.1, 0.15) is 5.56 Å². The Morgan fingerprint density at radius 3 is 2.65 bits per heavy atom. The number of nitrogens with one attached hydrogen (secondary N) is 1. The Morgan fingerprint density at radius 1 is 1.06 bits per heavy atom. The van der Waals surface area contributed by atoms with Crippen molar-refractivity contribution in [3.05, 3.63) is 71.2 Å². The minimum Gasteiger partial charge on any atom is -0.411 e. The van der Waals surface area contributed by atoms with Crippen LogP contribution in [0.4, 0.5) is 18.9 Å². The van der Waals surface area contributed by atoms with Crippen molar-refractivity contribution in [2.24, 2.45) is 0 Å². The molecule has 4 rings (SSSR count). The van der Waals surface area contributed by atoms with Gasteiger partial charge in [0.2, 0.25) is 11.8 Å². The lowest BCUT2D eigenvalue weighted by Crippen LogP contribution is -2.15. The molecule has 0 saturated heterocycles. The highest BCUT2D eigenvalue weighted by Crippen LogP contribution is 2.34. The Bertz CT molecular complexity index is 1250. The van der Waals surface area contributed by atoms with Crippen LogP contribution in [-0.4, -0.2) is 21.9 Å². The van der Waals surface area contributed by atoms with Gasteiger partial charge in [0.1, 0.15) is 0 Å².